The van der Waals surface area contributed by atoms with Gasteiger partial charge in [0.15, 0.2) is 11.6 Å². The van der Waals surface area contributed by atoms with Gasteiger partial charge in [-0.3, -0.25) is 28.5 Å². The first kappa shape index (κ1) is 35.0. The standard InChI is InChI=1S/C36H38F3N9O4/c1-20-33-35(20)14-27(34(52)43-28-10-11-46(44-28)19-36(37,38)39)48(33)30(51)17-47-32-23(8-6-4-5-7-9-29(50)42-18-35)12-24(25-15-40-22(3)41-16-25)13-26(32)31(45-47)21(2)49/h4,6,10-13,15-16,20,27,33H,5,7-9,14,17-19H2,1-3H3,(H,42,50)(H,43,44,52)/b6-4+/t20-,27-,33+,35+/m0/s1. The fourth-order valence-corrected chi connectivity index (χ4v) is 7.86. The zero-order valence-corrected chi connectivity index (χ0v) is 28.9. The van der Waals surface area contributed by atoms with Crippen molar-refractivity contribution >= 4 is 40.2 Å². The van der Waals surface area contributed by atoms with Gasteiger partial charge in [-0.05, 0) is 61.8 Å². The van der Waals surface area contributed by atoms with Gasteiger partial charge in [0.25, 0.3) is 0 Å². The number of benzene rings is 1. The van der Waals surface area contributed by atoms with Crippen LogP contribution in [0, 0.1) is 18.3 Å². The number of piperidine rings is 1. The molecule has 13 nitrogen and oxygen atoms in total. The van der Waals surface area contributed by atoms with Crippen LogP contribution < -0.4 is 10.6 Å². The predicted molar refractivity (Wildman–Crippen MR) is 183 cm³/mol. The molecule has 16 heteroatoms. The first-order valence-electron chi connectivity index (χ1n) is 17.2. The Morgan fingerprint density at radius 3 is 2.60 bits per heavy atom. The third-order valence-electron chi connectivity index (χ3n) is 10.4. The van der Waals surface area contributed by atoms with Crippen molar-refractivity contribution in [1.29, 1.82) is 0 Å². The molecule has 3 amide bonds. The molecule has 2 aliphatic heterocycles. The Morgan fingerprint density at radius 2 is 1.87 bits per heavy atom. The van der Waals surface area contributed by atoms with E-state index in [0.29, 0.717) is 47.1 Å². The number of carbonyl (C=O) groups is 4. The van der Waals surface area contributed by atoms with Gasteiger partial charge in [0.1, 0.15) is 30.6 Å². The maximum Gasteiger partial charge on any atom is 0.408 e. The van der Waals surface area contributed by atoms with Gasteiger partial charge in [0, 0.05) is 67.0 Å². The summed E-state index contributed by atoms with van der Waals surface area (Å²) in [6, 6.07) is 3.69. The van der Waals surface area contributed by atoms with Gasteiger partial charge in [-0.1, -0.05) is 19.1 Å². The van der Waals surface area contributed by atoms with Crippen molar-refractivity contribution in [2.24, 2.45) is 11.3 Å². The highest BCUT2D eigenvalue weighted by Gasteiger charge is 2.72. The maximum atomic E-state index is 14.5. The van der Waals surface area contributed by atoms with Gasteiger partial charge < -0.3 is 15.5 Å². The first-order valence-corrected chi connectivity index (χ1v) is 17.2. The SMILES string of the molecule is CC(=O)c1nn2c3c(cc(-c4cnc(C)nc4)cc13)C/C=C/CCCC(=O)NC[C@@]13C[C@@H](C(=O)Nc4ccn(CC(F)(F)F)n4)N(C(=O)C2)[C@@H]1[C@@H]3C. The summed E-state index contributed by atoms with van der Waals surface area (Å²) in [5.74, 6) is -0.958. The van der Waals surface area contributed by atoms with Crippen LogP contribution in [-0.2, 0) is 33.9 Å². The lowest BCUT2D eigenvalue weighted by Crippen LogP contribution is -2.47. The zero-order chi connectivity index (χ0) is 36.9. The summed E-state index contributed by atoms with van der Waals surface area (Å²) in [7, 11) is 0. The molecular formula is C36H38F3N9O4. The minimum absolute atomic E-state index is 0.0504. The molecule has 0 spiro atoms. The van der Waals surface area contributed by atoms with Crippen molar-refractivity contribution in [3.05, 3.63) is 66.0 Å². The highest BCUT2D eigenvalue weighted by molar-refractivity contribution is 6.07. The molecule has 2 bridgehead atoms. The number of halogens is 3. The van der Waals surface area contributed by atoms with E-state index >= 15 is 0 Å². The topological polar surface area (TPSA) is 157 Å². The van der Waals surface area contributed by atoms with Crippen LogP contribution in [-0.4, -0.2) is 82.7 Å². The van der Waals surface area contributed by atoms with Crippen molar-refractivity contribution in [3.8, 4) is 11.1 Å². The average molecular weight is 718 g/mol. The zero-order valence-electron chi connectivity index (χ0n) is 28.9. The number of allylic oxidation sites excluding steroid dienone is 2. The molecule has 1 aromatic carbocycles. The third-order valence-corrected chi connectivity index (χ3v) is 10.4. The second-order valence-electron chi connectivity index (χ2n) is 13.9. The van der Waals surface area contributed by atoms with E-state index in [0.717, 1.165) is 22.9 Å². The van der Waals surface area contributed by atoms with Crippen LogP contribution in [0.3, 0.4) is 0 Å². The number of carbonyl (C=O) groups excluding carboxylic acids is 4. The van der Waals surface area contributed by atoms with Gasteiger partial charge in [0.05, 0.1) is 5.52 Å². The fraction of sp³-hybridized carbons (Fsp3) is 0.444. The van der Waals surface area contributed by atoms with E-state index in [1.807, 2.05) is 31.2 Å². The number of aromatic nitrogens is 6. The van der Waals surface area contributed by atoms with E-state index in [1.54, 1.807) is 19.3 Å². The van der Waals surface area contributed by atoms with Gasteiger partial charge in [-0.25, -0.2) is 9.97 Å². The number of hydrogen-bond donors (Lipinski definition) is 2. The number of aryl methyl sites for hydroxylation is 1. The number of alkyl halides is 3. The minimum Gasteiger partial charge on any atom is -0.355 e. The molecule has 7 rings (SSSR count). The summed E-state index contributed by atoms with van der Waals surface area (Å²) in [5, 5.41) is 14.7. The van der Waals surface area contributed by atoms with E-state index in [9.17, 15) is 32.3 Å². The second kappa shape index (κ2) is 13.3. The number of ketones is 1. The molecule has 0 radical (unpaired) electrons. The number of amides is 3. The quantitative estimate of drug-likeness (QED) is 0.227. The molecule has 4 atom stereocenters. The smallest absolute Gasteiger partial charge is 0.355 e. The number of anilines is 1. The molecule has 1 saturated heterocycles. The fourth-order valence-electron chi connectivity index (χ4n) is 7.86. The average Bonchev–Trinajstić information content (AvgIpc) is 3.50. The molecule has 1 aliphatic carbocycles. The van der Waals surface area contributed by atoms with Crippen molar-refractivity contribution < 1.29 is 32.3 Å². The Morgan fingerprint density at radius 1 is 1.10 bits per heavy atom. The first-order chi connectivity index (χ1) is 24.7. The molecule has 2 fully saturated rings. The Kier molecular flexibility index (Phi) is 8.95. The molecule has 52 heavy (non-hydrogen) atoms. The number of Topliss-reactive ketones (excluding diaryl/α,β-unsaturated/α-hetero) is 1. The summed E-state index contributed by atoms with van der Waals surface area (Å²) in [6.07, 6.45) is 6.29. The third kappa shape index (κ3) is 6.68. The number of nitrogens with zero attached hydrogens (tertiary/aromatic N) is 7. The number of rotatable bonds is 5. The Balaban J connectivity index is 1.28. The molecule has 3 aliphatic rings. The lowest BCUT2D eigenvalue weighted by molar-refractivity contribution is -0.142. The van der Waals surface area contributed by atoms with Crippen molar-refractivity contribution in [3.63, 3.8) is 0 Å². The summed E-state index contributed by atoms with van der Waals surface area (Å²) < 4.78 is 41.1. The van der Waals surface area contributed by atoms with Crippen molar-refractivity contribution in [2.45, 2.75) is 84.2 Å². The molecule has 0 unspecified atom stereocenters. The van der Waals surface area contributed by atoms with Crippen molar-refractivity contribution in [1.82, 2.24) is 39.7 Å². The number of hydrogen-bond acceptors (Lipinski definition) is 8. The van der Waals surface area contributed by atoms with Crippen LogP contribution in [0.4, 0.5) is 19.0 Å². The predicted octanol–water partition coefficient (Wildman–Crippen LogP) is 4.41. The Bertz CT molecular complexity index is 2110. The second-order valence-corrected chi connectivity index (χ2v) is 13.9. The van der Waals surface area contributed by atoms with E-state index < -0.39 is 42.0 Å². The lowest BCUT2D eigenvalue weighted by Gasteiger charge is -2.28. The van der Waals surface area contributed by atoms with Crippen LogP contribution in [0.25, 0.3) is 22.0 Å². The van der Waals surface area contributed by atoms with Gasteiger partial charge in [-0.2, -0.15) is 23.4 Å². The van der Waals surface area contributed by atoms with E-state index in [2.05, 4.69) is 30.8 Å². The van der Waals surface area contributed by atoms with Gasteiger partial charge in [0.2, 0.25) is 17.7 Å². The van der Waals surface area contributed by atoms with E-state index in [4.69, 9.17) is 0 Å². The maximum absolute atomic E-state index is 14.5. The largest absolute Gasteiger partial charge is 0.408 e. The summed E-state index contributed by atoms with van der Waals surface area (Å²) >= 11 is 0. The molecule has 2 N–H and O–H groups in total. The molecule has 3 aromatic heterocycles. The van der Waals surface area contributed by atoms with Crippen molar-refractivity contribution in [2.75, 3.05) is 11.9 Å². The molecule has 272 valence electrons. The lowest BCUT2D eigenvalue weighted by atomic mass is 9.95. The molecular weight excluding hydrogens is 679 g/mol. The van der Waals surface area contributed by atoms with Gasteiger partial charge >= 0.3 is 6.18 Å². The highest BCUT2D eigenvalue weighted by atomic mass is 19.4. The minimum atomic E-state index is -4.50. The van der Waals surface area contributed by atoms with E-state index in [-0.39, 0.29) is 48.6 Å². The summed E-state index contributed by atoms with van der Waals surface area (Å²) in [5.41, 5.74) is 2.54. The molecule has 5 heterocycles. The Labute approximate surface area is 296 Å². The summed E-state index contributed by atoms with van der Waals surface area (Å²) in [4.78, 5) is 64.4. The van der Waals surface area contributed by atoms with Crippen LogP contribution in [0.5, 0.6) is 0 Å². The van der Waals surface area contributed by atoms with Crippen LogP contribution >= 0.6 is 0 Å². The Hall–Kier alpha value is -5.41. The number of nitrogens with one attached hydrogen (secondary N) is 2. The van der Waals surface area contributed by atoms with Gasteiger partial charge in [-0.15, -0.1) is 0 Å². The highest BCUT2D eigenvalue weighted by Crippen LogP contribution is 2.64. The molecule has 4 aromatic rings. The van der Waals surface area contributed by atoms with Crippen LogP contribution in [0.2, 0.25) is 0 Å². The van der Waals surface area contributed by atoms with E-state index in [1.165, 1.54) is 22.6 Å². The van der Waals surface area contributed by atoms with Crippen LogP contribution in [0.1, 0.15) is 61.4 Å². The molecule has 1 saturated carbocycles. The summed E-state index contributed by atoms with van der Waals surface area (Å²) in [6.45, 7) is 3.82. The monoisotopic (exact) mass is 717 g/mol. The normalized spacial score (nSPS) is 24.3. The van der Waals surface area contributed by atoms with Crippen LogP contribution in [0.15, 0.2) is 48.9 Å².